The van der Waals surface area contributed by atoms with Gasteiger partial charge in [0.25, 0.3) is 10.0 Å². The molecule has 1 amide bonds. The SMILES string of the molecule is CSc1ccc(S(=O)(=O)Nc2nnc(SC(C)C)s2)cc1NC(C)=O. The lowest BCUT2D eigenvalue weighted by Crippen LogP contribution is -2.14. The van der Waals surface area contributed by atoms with Gasteiger partial charge >= 0.3 is 0 Å². The molecule has 0 unspecified atom stereocenters. The molecule has 25 heavy (non-hydrogen) atoms. The Hall–Kier alpha value is -1.30. The summed E-state index contributed by atoms with van der Waals surface area (Å²) in [6.07, 6.45) is 1.85. The van der Waals surface area contributed by atoms with Crippen molar-refractivity contribution in [1.82, 2.24) is 10.2 Å². The van der Waals surface area contributed by atoms with Gasteiger partial charge in [0.15, 0.2) is 4.34 Å². The van der Waals surface area contributed by atoms with Crippen molar-refractivity contribution in [2.24, 2.45) is 0 Å². The first-order valence-corrected chi connectivity index (χ1v) is 11.6. The van der Waals surface area contributed by atoms with Crippen molar-refractivity contribution in [3.05, 3.63) is 18.2 Å². The molecule has 0 fully saturated rings. The van der Waals surface area contributed by atoms with Crippen LogP contribution in [-0.2, 0) is 14.8 Å². The molecule has 0 aliphatic rings. The Kier molecular flexibility index (Phi) is 6.72. The quantitative estimate of drug-likeness (QED) is 0.663. The molecule has 2 rings (SSSR count). The molecule has 2 aromatic rings. The Morgan fingerprint density at radius 1 is 1.28 bits per heavy atom. The molecule has 0 radical (unpaired) electrons. The standard InChI is InChI=1S/C14H18N4O3S4/c1-8(2)23-14-17-16-13(24-14)18-25(20,21)10-5-6-12(22-4)11(7-10)15-9(3)19/h5-8H,1-4H3,(H,15,19)(H,16,18). The molecule has 1 heterocycles. The van der Waals surface area contributed by atoms with Gasteiger partial charge in [-0.2, -0.15) is 0 Å². The van der Waals surface area contributed by atoms with Gasteiger partial charge in [0.1, 0.15) is 0 Å². The van der Waals surface area contributed by atoms with Crippen LogP contribution in [0.15, 0.2) is 32.3 Å². The van der Waals surface area contributed by atoms with Crippen LogP contribution in [-0.4, -0.2) is 36.0 Å². The molecule has 136 valence electrons. The van der Waals surface area contributed by atoms with Crippen molar-refractivity contribution in [3.63, 3.8) is 0 Å². The third-order valence-corrected chi connectivity index (χ3v) is 6.94. The summed E-state index contributed by atoms with van der Waals surface area (Å²) in [5.41, 5.74) is 0.455. The van der Waals surface area contributed by atoms with E-state index in [1.165, 1.54) is 53.9 Å². The molecule has 0 aliphatic carbocycles. The number of anilines is 2. The zero-order chi connectivity index (χ0) is 18.6. The Labute approximate surface area is 159 Å². The number of amides is 1. The highest BCUT2D eigenvalue weighted by atomic mass is 32.2. The van der Waals surface area contributed by atoms with Crippen molar-refractivity contribution in [1.29, 1.82) is 0 Å². The van der Waals surface area contributed by atoms with Gasteiger partial charge in [0, 0.05) is 17.1 Å². The predicted molar refractivity (Wildman–Crippen MR) is 104 cm³/mol. The number of hydrogen-bond acceptors (Lipinski definition) is 8. The topological polar surface area (TPSA) is 101 Å². The lowest BCUT2D eigenvalue weighted by Gasteiger charge is -2.11. The minimum atomic E-state index is -3.82. The maximum atomic E-state index is 12.6. The van der Waals surface area contributed by atoms with Crippen molar-refractivity contribution >= 4 is 61.6 Å². The summed E-state index contributed by atoms with van der Waals surface area (Å²) in [6, 6.07) is 4.58. The van der Waals surface area contributed by atoms with Crippen LogP contribution in [0.2, 0.25) is 0 Å². The monoisotopic (exact) mass is 418 g/mol. The third-order valence-electron chi connectivity index (χ3n) is 2.76. The Balaban J connectivity index is 2.26. The second-order valence-electron chi connectivity index (χ2n) is 5.19. The zero-order valence-corrected chi connectivity index (χ0v) is 17.3. The van der Waals surface area contributed by atoms with Crippen LogP contribution in [0.1, 0.15) is 20.8 Å². The summed E-state index contributed by atoms with van der Waals surface area (Å²) in [5, 5.41) is 11.0. The van der Waals surface area contributed by atoms with Gasteiger partial charge in [-0.3, -0.25) is 9.52 Å². The normalized spacial score (nSPS) is 11.6. The Morgan fingerprint density at radius 3 is 2.60 bits per heavy atom. The summed E-state index contributed by atoms with van der Waals surface area (Å²) >= 11 is 4.11. The number of sulfonamides is 1. The van der Waals surface area contributed by atoms with Crippen LogP contribution in [0.4, 0.5) is 10.8 Å². The average molecular weight is 419 g/mol. The number of aromatic nitrogens is 2. The van der Waals surface area contributed by atoms with Gasteiger partial charge in [0.05, 0.1) is 10.6 Å². The van der Waals surface area contributed by atoms with Gasteiger partial charge < -0.3 is 5.32 Å². The summed E-state index contributed by atoms with van der Waals surface area (Å²) < 4.78 is 28.3. The minimum absolute atomic E-state index is 0.0438. The summed E-state index contributed by atoms with van der Waals surface area (Å²) in [4.78, 5) is 12.1. The smallest absolute Gasteiger partial charge is 0.263 e. The largest absolute Gasteiger partial charge is 0.325 e. The van der Waals surface area contributed by atoms with Gasteiger partial charge in [-0.05, 0) is 24.5 Å². The van der Waals surface area contributed by atoms with Gasteiger partial charge in [-0.25, -0.2) is 8.42 Å². The maximum Gasteiger partial charge on any atom is 0.263 e. The molecule has 11 heteroatoms. The van der Waals surface area contributed by atoms with E-state index in [1.807, 2.05) is 20.1 Å². The predicted octanol–water partition coefficient (Wildman–Crippen LogP) is 3.52. The number of rotatable bonds is 7. The van der Waals surface area contributed by atoms with E-state index in [1.54, 1.807) is 6.07 Å². The van der Waals surface area contributed by atoms with E-state index in [0.29, 0.717) is 15.3 Å². The van der Waals surface area contributed by atoms with Crippen LogP contribution in [0.25, 0.3) is 0 Å². The Morgan fingerprint density at radius 2 is 2.00 bits per heavy atom. The fraction of sp³-hybridized carbons (Fsp3) is 0.357. The maximum absolute atomic E-state index is 12.6. The molecular formula is C14H18N4O3S4. The van der Waals surface area contributed by atoms with E-state index in [2.05, 4.69) is 20.2 Å². The van der Waals surface area contributed by atoms with Crippen LogP contribution in [0.5, 0.6) is 0 Å². The Bertz CT molecular complexity index is 865. The van der Waals surface area contributed by atoms with E-state index in [-0.39, 0.29) is 15.9 Å². The summed E-state index contributed by atoms with van der Waals surface area (Å²) in [7, 11) is -3.82. The van der Waals surface area contributed by atoms with E-state index in [0.717, 1.165) is 4.90 Å². The number of nitrogens with one attached hydrogen (secondary N) is 2. The van der Waals surface area contributed by atoms with Crippen molar-refractivity contribution in [2.45, 2.75) is 40.2 Å². The number of benzene rings is 1. The van der Waals surface area contributed by atoms with Gasteiger partial charge in [0.2, 0.25) is 11.0 Å². The fourth-order valence-electron chi connectivity index (χ4n) is 1.82. The van der Waals surface area contributed by atoms with Gasteiger partial charge in [-0.15, -0.1) is 22.0 Å². The molecule has 0 saturated carbocycles. The average Bonchev–Trinajstić information content (AvgIpc) is 2.92. The van der Waals surface area contributed by atoms with E-state index in [9.17, 15) is 13.2 Å². The molecule has 0 saturated heterocycles. The highest BCUT2D eigenvalue weighted by molar-refractivity contribution is 8.01. The zero-order valence-electron chi connectivity index (χ0n) is 14.1. The van der Waals surface area contributed by atoms with Gasteiger partial charge in [-0.1, -0.05) is 36.9 Å². The first-order valence-electron chi connectivity index (χ1n) is 7.20. The van der Waals surface area contributed by atoms with Crippen molar-refractivity contribution in [3.8, 4) is 0 Å². The lowest BCUT2D eigenvalue weighted by atomic mass is 10.3. The third kappa shape index (κ3) is 5.59. The second kappa shape index (κ2) is 8.39. The van der Waals surface area contributed by atoms with E-state index in [4.69, 9.17) is 0 Å². The van der Waals surface area contributed by atoms with Crippen LogP contribution in [0.3, 0.4) is 0 Å². The molecule has 0 bridgehead atoms. The van der Waals surface area contributed by atoms with E-state index >= 15 is 0 Å². The lowest BCUT2D eigenvalue weighted by molar-refractivity contribution is -0.114. The van der Waals surface area contributed by atoms with Crippen LogP contribution >= 0.6 is 34.9 Å². The number of hydrogen-bond donors (Lipinski definition) is 2. The summed E-state index contributed by atoms with van der Waals surface area (Å²) in [6.45, 7) is 5.41. The molecular weight excluding hydrogens is 400 g/mol. The minimum Gasteiger partial charge on any atom is -0.325 e. The van der Waals surface area contributed by atoms with Crippen molar-refractivity contribution in [2.75, 3.05) is 16.3 Å². The number of nitrogens with zero attached hydrogens (tertiary/aromatic N) is 2. The number of carbonyl (C=O) groups is 1. The summed E-state index contributed by atoms with van der Waals surface area (Å²) in [5.74, 6) is -0.266. The molecule has 2 N–H and O–H groups in total. The van der Waals surface area contributed by atoms with Crippen molar-refractivity contribution < 1.29 is 13.2 Å². The molecule has 0 atom stereocenters. The number of carbonyl (C=O) groups excluding carboxylic acids is 1. The fourth-order valence-corrected chi connectivity index (χ4v) is 5.58. The first kappa shape index (κ1) is 20.0. The molecule has 7 nitrogen and oxygen atoms in total. The highest BCUT2D eigenvalue weighted by Crippen LogP contribution is 2.31. The van der Waals surface area contributed by atoms with Crippen LogP contribution in [0, 0.1) is 0 Å². The van der Waals surface area contributed by atoms with E-state index < -0.39 is 10.0 Å². The van der Waals surface area contributed by atoms with Crippen LogP contribution < -0.4 is 10.0 Å². The molecule has 0 aliphatic heterocycles. The number of thioether (sulfide) groups is 2. The second-order valence-corrected chi connectivity index (χ2v) is 10.5. The molecule has 1 aromatic heterocycles. The highest BCUT2D eigenvalue weighted by Gasteiger charge is 2.19. The first-order chi connectivity index (χ1) is 11.7. The molecule has 1 aromatic carbocycles. The molecule has 0 spiro atoms.